The zero-order valence-corrected chi connectivity index (χ0v) is 36.5. The van der Waals surface area contributed by atoms with Crippen molar-refractivity contribution in [3.8, 4) is 11.6 Å². The first-order valence-corrected chi connectivity index (χ1v) is 23.2. The summed E-state index contributed by atoms with van der Waals surface area (Å²) in [5.41, 5.74) is -2.91. The number of alkyl halides is 3. The third-order valence-corrected chi connectivity index (χ3v) is 16.1. The molecule has 3 fully saturated rings. The molecular formula is C45H58F3N3O9S. The molecule has 1 saturated heterocycles. The first-order chi connectivity index (χ1) is 28.7. The smallest absolute Gasteiger partial charge is 0.307 e. The molecule has 61 heavy (non-hydrogen) atoms. The number of carbonyl (C=O) groups excluding carboxylic acids is 4. The van der Waals surface area contributed by atoms with E-state index in [4.69, 9.17) is 19.2 Å². The van der Waals surface area contributed by atoms with Gasteiger partial charge in [-0.2, -0.15) is 0 Å². The van der Waals surface area contributed by atoms with Crippen molar-refractivity contribution in [2.45, 2.75) is 140 Å². The van der Waals surface area contributed by atoms with E-state index in [2.05, 4.69) is 4.72 Å². The normalized spacial score (nSPS) is 29.8. The maximum Gasteiger partial charge on any atom is 0.307 e. The quantitative estimate of drug-likeness (QED) is 0.181. The van der Waals surface area contributed by atoms with Gasteiger partial charge in [0.25, 0.3) is 5.92 Å². The van der Waals surface area contributed by atoms with E-state index >= 15 is 4.79 Å². The van der Waals surface area contributed by atoms with Crippen LogP contribution in [0.15, 0.2) is 36.4 Å². The number of nitrogens with zero attached hydrogens (tertiary/aromatic N) is 2. The molecule has 1 aromatic heterocycles. The average molecular weight is 874 g/mol. The molecule has 7 rings (SSSR count). The predicted octanol–water partition coefficient (Wildman–Crippen LogP) is 7.21. The summed E-state index contributed by atoms with van der Waals surface area (Å²) in [5, 5.41) is 1.48. The highest BCUT2D eigenvalue weighted by Crippen LogP contribution is 2.58. The maximum absolute atomic E-state index is 15.2. The summed E-state index contributed by atoms with van der Waals surface area (Å²) >= 11 is 0. The van der Waals surface area contributed by atoms with Crippen LogP contribution in [-0.2, 0) is 40.4 Å². The van der Waals surface area contributed by atoms with E-state index in [0.29, 0.717) is 62.7 Å². The highest BCUT2D eigenvalue weighted by Gasteiger charge is 2.63. The Morgan fingerprint density at radius 1 is 1.10 bits per heavy atom. The number of amides is 2. The lowest BCUT2D eigenvalue weighted by Crippen LogP contribution is -2.49. The fourth-order valence-electron chi connectivity index (χ4n) is 9.34. The molecule has 2 aliphatic carbocycles. The second-order valence-electron chi connectivity index (χ2n) is 18.7. The third-order valence-electron chi connectivity index (χ3n) is 13.9. The van der Waals surface area contributed by atoms with Crippen LogP contribution in [0.4, 0.5) is 13.2 Å². The number of fused-ring (bicyclic) bond motifs is 5. The molecule has 334 valence electrons. The van der Waals surface area contributed by atoms with Gasteiger partial charge in [0.2, 0.25) is 27.7 Å². The molecule has 3 aliphatic heterocycles. The van der Waals surface area contributed by atoms with Crippen LogP contribution >= 0.6 is 0 Å². The Labute approximate surface area is 355 Å². The van der Waals surface area contributed by atoms with E-state index in [-0.39, 0.29) is 38.1 Å². The fourth-order valence-corrected chi connectivity index (χ4v) is 10.8. The molecule has 1 N–H and O–H groups in total. The van der Waals surface area contributed by atoms with Gasteiger partial charge in [0.1, 0.15) is 23.3 Å². The number of halogens is 3. The number of aryl methyl sites for hydroxylation is 1. The van der Waals surface area contributed by atoms with Gasteiger partial charge < -0.3 is 19.1 Å². The molecule has 16 heteroatoms. The Morgan fingerprint density at radius 2 is 1.82 bits per heavy atom. The van der Waals surface area contributed by atoms with Crippen molar-refractivity contribution in [1.29, 1.82) is 0 Å². The molecule has 4 heterocycles. The average Bonchev–Trinajstić information content (AvgIpc) is 4.11. The first kappa shape index (κ1) is 44.8. The highest BCUT2D eigenvalue weighted by molar-refractivity contribution is 7.91. The zero-order chi connectivity index (χ0) is 44.1. The number of aromatic nitrogens is 1. The summed E-state index contributed by atoms with van der Waals surface area (Å²) in [7, 11) is -4.40. The van der Waals surface area contributed by atoms with Crippen LogP contribution in [-0.4, -0.2) is 90.1 Å². The molecule has 12 nitrogen and oxygen atoms in total. The van der Waals surface area contributed by atoms with Gasteiger partial charge in [-0.25, -0.2) is 26.6 Å². The van der Waals surface area contributed by atoms with Gasteiger partial charge in [-0.15, -0.1) is 0 Å². The summed E-state index contributed by atoms with van der Waals surface area (Å²) in [6.45, 7) is 6.12. The maximum atomic E-state index is 15.2. The monoisotopic (exact) mass is 873 g/mol. The number of pyridine rings is 1. The van der Waals surface area contributed by atoms with Crippen molar-refractivity contribution in [2.75, 3.05) is 19.8 Å². The second kappa shape index (κ2) is 16.8. The number of benzene rings is 1. The topological polar surface area (TPSA) is 158 Å². The van der Waals surface area contributed by atoms with Gasteiger partial charge >= 0.3 is 5.97 Å². The van der Waals surface area contributed by atoms with E-state index < -0.39 is 105 Å². The number of ketones is 1. The van der Waals surface area contributed by atoms with Crippen molar-refractivity contribution >= 4 is 44.4 Å². The SMILES string of the molecule is CC[C@@H]1C[C@H](C)CC/C=C\[C@@H]2C[C@@]2(C(=O)NS(=O)(=O)C2(CF)CC2)CC(=O)[C@@H]2C[C@@H](Oc3nc4c(c5ccccc35)OCCC4)CN2C(=O)C1CC(=O)OC(C)(C)C(C)(F)F. The zero-order valence-electron chi connectivity index (χ0n) is 35.6. The molecule has 7 atom stereocenters. The first-order valence-electron chi connectivity index (χ1n) is 21.7. The fraction of sp³-hybridized carbons (Fsp3) is 0.667. The van der Waals surface area contributed by atoms with E-state index in [9.17, 15) is 36.0 Å². The number of nitrogens with one attached hydrogen (secondary N) is 1. The van der Waals surface area contributed by atoms with E-state index in [1.165, 1.54) is 4.90 Å². The van der Waals surface area contributed by atoms with Crippen LogP contribution in [0.3, 0.4) is 0 Å². The van der Waals surface area contributed by atoms with Crippen molar-refractivity contribution in [3.05, 3.63) is 42.1 Å². The van der Waals surface area contributed by atoms with Crippen molar-refractivity contribution in [3.63, 3.8) is 0 Å². The molecule has 0 spiro atoms. The lowest BCUT2D eigenvalue weighted by atomic mass is 9.79. The molecule has 1 unspecified atom stereocenters. The number of sulfonamides is 1. The second-order valence-corrected chi connectivity index (χ2v) is 20.8. The number of esters is 1. The highest BCUT2D eigenvalue weighted by atomic mass is 32.2. The van der Waals surface area contributed by atoms with Crippen molar-refractivity contribution < 1.29 is 55.0 Å². The minimum Gasteiger partial charge on any atom is -0.491 e. The van der Waals surface area contributed by atoms with Crippen LogP contribution in [0, 0.1) is 29.1 Å². The van der Waals surface area contributed by atoms with Gasteiger partial charge in [0.15, 0.2) is 11.4 Å². The number of ether oxygens (including phenoxy) is 3. The Kier molecular flexibility index (Phi) is 12.4. The molecule has 0 bridgehead atoms. The molecule has 2 saturated carbocycles. The summed E-state index contributed by atoms with van der Waals surface area (Å²) in [6, 6.07) is 6.32. The summed E-state index contributed by atoms with van der Waals surface area (Å²) in [6.07, 6.45) is 6.06. The van der Waals surface area contributed by atoms with Gasteiger partial charge in [0.05, 0.1) is 42.6 Å². The molecule has 0 radical (unpaired) electrons. The van der Waals surface area contributed by atoms with Gasteiger partial charge in [-0.3, -0.25) is 23.9 Å². The van der Waals surface area contributed by atoms with Crippen LogP contribution in [0.5, 0.6) is 11.6 Å². The van der Waals surface area contributed by atoms with E-state index in [0.717, 1.165) is 31.3 Å². The van der Waals surface area contributed by atoms with Crippen LogP contribution in [0.1, 0.15) is 111 Å². The Balaban J connectivity index is 1.25. The lowest BCUT2D eigenvalue weighted by Gasteiger charge is -2.35. The third kappa shape index (κ3) is 8.88. The minimum absolute atomic E-state index is 0.00488. The molecule has 2 amide bonds. The number of hydrogen-bond donors (Lipinski definition) is 1. The molecule has 2 aromatic rings. The molecular weight excluding hydrogens is 816 g/mol. The van der Waals surface area contributed by atoms with Crippen molar-refractivity contribution in [2.24, 2.45) is 29.1 Å². The van der Waals surface area contributed by atoms with Gasteiger partial charge in [-0.1, -0.05) is 50.6 Å². The Morgan fingerprint density at radius 3 is 2.49 bits per heavy atom. The summed E-state index contributed by atoms with van der Waals surface area (Å²) in [4.78, 5) is 63.9. The predicted molar refractivity (Wildman–Crippen MR) is 220 cm³/mol. The lowest BCUT2D eigenvalue weighted by molar-refractivity contribution is -0.197. The molecule has 5 aliphatic rings. The Bertz CT molecular complexity index is 2190. The number of carbonyl (C=O) groups is 4. The van der Waals surface area contributed by atoms with Gasteiger partial charge in [-0.05, 0) is 89.0 Å². The number of rotatable bonds is 11. The summed E-state index contributed by atoms with van der Waals surface area (Å²) < 4.78 is 88.1. The van der Waals surface area contributed by atoms with Crippen LogP contribution in [0.2, 0.25) is 0 Å². The minimum atomic E-state index is -4.40. The summed E-state index contributed by atoms with van der Waals surface area (Å²) in [5.74, 6) is -7.19. The van der Waals surface area contributed by atoms with Gasteiger partial charge in [0, 0.05) is 30.5 Å². The largest absolute Gasteiger partial charge is 0.491 e. The van der Waals surface area contributed by atoms with Crippen molar-refractivity contribution in [1.82, 2.24) is 14.6 Å². The number of hydrogen-bond acceptors (Lipinski definition) is 10. The number of Topliss-reactive ketones (excluding diaryl/α,β-unsaturated/α-hetero) is 1. The molecule has 1 aromatic carbocycles. The number of allylic oxidation sites excluding steroid dienone is 2. The van der Waals surface area contributed by atoms with Crippen LogP contribution < -0.4 is 14.2 Å². The Hall–Kier alpha value is -4.21. The van der Waals surface area contributed by atoms with E-state index in [1.807, 2.05) is 50.3 Å². The standard InChI is InChI=1S/C45H58F3N3O9S/c1-6-28-20-27(2)12-7-8-13-29-23-45(29,41(55)50-61(56,57)44(26-46)17-18-44)24-36(52)35-21-30(25-51(35)40(54)33(28)22-37(53)60-42(3,4)43(5,47)48)59-39-32-15-10-9-14-31(32)38-34(49-39)16-11-19-58-38/h8-10,13-15,27-30,33,35H,6-7,11-12,16-26H2,1-5H3,(H,50,55)/b13-8-/t27-,28-,29-,30-,33?,35+,45-/m1/s1. The van der Waals surface area contributed by atoms with E-state index in [1.54, 1.807) is 0 Å². The van der Waals surface area contributed by atoms with Crippen LogP contribution in [0.25, 0.3) is 10.8 Å².